The highest BCUT2D eigenvalue weighted by molar-refractivity contribution is 5.75. The lowest BCUT2D eigenvalue weighted by atomic mass is 10.9. The molecule has 0 aliphatic heterocycles. The largest absolute Gasteiger partial charge is 0.385 e. The van der Waals surface area contributed by atoms with Gasteiger partial charge in [0.25, 0.3) is 0 Å². The summed E-state index contributed by atoms with van der Waals surface area (Å²) in [5.74, 6) is 0. The molecule has 0 aliphatic rings. The van der Waals surface area contributed by atoms with Gasteiger partial charge in [-0.2, -0.15) is 0 Å². The van der Waals surface area contributed by atoms with E-state index in [1.165, 1.54) is 0 Å². The van der Waals surface area contributed by atoms with Crippen molar-refractivity contribution in [2.24, 2.45) is 0 Å². The first-order valence-corrected chi connectivity index (χ1v) is 1.40. The fourth-order valence-electron chi connectivity index (χ4n) is 0. The maximum absolute atomic E-state index is 4.54. The third-order valence-electron chi connectivity index (χ3n) is 0.289. The van der Waals surface area contributed by atoms with E-state index in [2.05, 4.69) is 4.74 Å². The van der Waals surface area contributed by atoms with Crippen molar-refractivity contribution in [3.05, 3.63) is 0 Å². The number of ether oxygens (including phenoxy) is 1. The zero-order valence-electron chi connectivity index (χ0n) is 3.52. The van der Waals surface area contributed by atoms with Gasteiger partial charge in [-0.3, -0.25) is 4.70 Å². The van der Waals surface area contributed by atoms with Crippen LogP contribution >= 0.6 is 0 Å². The van der Waals surface area contributed by atoms with Gasteiger partial charge in [0, 0.05) is 13.7 Å². The summed E-state index contributed by atoms with van der Waals surface area (Å²) in [7, 11) is 1.68. The van der Waals surface area contributed by atoms with Gasteiger partial charge < -0.3 is 4.74 Å². The van der Waals surface area contributed by atoms with Crippen molar-refractivity contribution in [2.45, 2.75) is 6.92 Å². The molecule has 0 N–H and O–H groups in total. The number of halogens is 1. The molecule has 0 unspecified atom stereocenters. The summed E-state index contributed by atoms with van der Waals surface area (Å²) in [6.45, 7) is 2.78. The molecule has 0 radical (unpaired) electrons. The van der Waals surface area contributed by atoms with Gasteiger partial charge in [-0.15, -0.1) is 0 Å². The van der Waals surface area contributed by atoms with Crippen LogP contribution in [0.2, 0.25) is 0 Å². The first-order chi connectivity index (χ1) is 1.91. The van der Waals surface area contributed by atoms with Crippen molar-refractivity contribution in [3.8, 4) is 0 Å². The quantitative estimate of drug-likeness (QED) is 0.418. The first-order valence-electron chi connectivity index (χ1n) is 1.40. The lowest BCUT2D eigenvalue weighted by Crippen LogP contribution is -1.73. The second kappa shape index (κ2) is 18.1. The Morgan fingerprint density at radius 1 is 1.50 bits per heavy atom. The predicted molar refractivity (Wildman–Crippen MR) is 30.0 cm³/mol. The van der Waals surface area contributed by atoms with E-state index in [0.717, 1.165) is 6.61 Å². The summed E-state index contributed by atoms with van der Waals surface area (Å²) in [5.41, 5.74) is 0. The van der Waals surface area contributed by atoms with Gasteiger partial charge >= 0.3 is 0 Å². The van der Waals surface area contributed by atoms with Crippen molar-refractivity contribution in [1.29, 1.82) is 0 Å². The van der Waals surface area contributed by atoms with E-state index in [-0.39, 0.29) is 22.1 Å². The van der Waals surface area contributed by atoms with Crippen molar-refractivity contribution < 1.29 is 9.44 Å². The highest BCUT2D eigenvalue weighted by Gasteiger charge is 1.51. The SMILES string of the molecule is CCOC.F.[AlH3]. The molecule has 0 aromatic carbocycles. The summed E-state index contributed by atoms with van der Waals surface area (Å²) in [6, 6.07) is 0. The fraction of sp³-hybridized carbons (Fsp3) is 1.00. The van der Waals surface area contributed by atoms with E-state index < -0.39 is 0 Å². The van der Waals surface area contributed by atoms with Gasteiger partial charge in [-0.25, -0.2) is 0 Å². The van der Waals surface area contributed by atoms with Crippen LogP contribution < -0.4 is 0 Å². The molecule has 0 atom stereocenters. The van der Waals surface area contributed by atoms with Crippen molar-refractivity contribution in [2.75, 3.05) is 13.7 Å². The Labute approximate surface area is 48.2 Å². The minimum Gasteiger partial charge on any atom is -0.385 e. The van der Waals surface area contributed by atoms with Crippen molar-refractivity contribution in [1.82, 2.24) is 0 Å². The molecule has 0 rings (SSSR count). The maximum atomic E-state index is 4.54. The third kappa shape index (κ3) is 25.6. The topological polar surface area (TPSA) is 9.23 Å². The Balaban J connectivity index is -0.0000000450. The minimum atomic E-state index is 0. The Kier molecular flexibility index (Phi) is 48.6. The van der Waals surface area contributed by atoms with Crippen LogP contribution in [0.25, 0.3) is 0 Å². The Morgan fingerprint density at radius 2 is 1.67 bits per heavy atom. The van der Waals surface area contributed by atoms with Crippen molar-refractivity contribution in [3.63, 3.8) is 0 Å². The molecular weight excluding hydrogens is 98.0 g/mol. The average Bonchev–Trinajstić information content (AvgIpc) is 1.37. The lowest BCUT2D eigenvalue weighted by molar-refractivity contribution is 0.215. The minimum absolute atomic E-state index is 0. The third-order valence-corrected chi connectivity index (χ3v) is 0.289. The summed E-state index contributed by atoms with van der Waals surface area (Å²) in [6.07, 6.45) is 0. The number of hydrogen-bond donors (Lipinski definition) is 0. The standard InChI is InChI=1S/C3H8O.Al.FH.3H/c1-3-4-2;;;;;/h3H2,1-2H3;;1H;;;. The predicted octanol–water partition coefficient (Wildman–Crippen LogP) is -0.379. The van der Waals surface area contributed by atoms with E-state index in [0.29, 0.717) is 0 Å². The van der Waals surface area contributed by atoms with Crippen molar-refractivity contribution >= 4 is 17.4 Å². The smallest absolute Gasteiger partial charge is 0.187 e. The molecule has 0 aromatic heterocycles. The zero-order valence-corrected chi connectivity index (χ0v) is 3.52. The van der Waals surface area contributed by atoms with Crippen LogP contribution in [0, 0.1) is 0 Å². The summed E-state index contributed by atoms with van der Waals surface area (Å²) in [4.78, 5) is 0. The number of rotatable bonds is 1. The molecule has 40 valence electrons. The van der Waals surface area contributed by atoms with Crippen LogP contribution in [-0.4, -0.2) is 31.1 Å². The monoisotopic (exact) mass is 110 g/mol. The molecule has 0 amide bonds. The maximum Gasteiger partial charge on any atom is 0.187 e. The molecule has 0 bridgehead atoms. The molecule has 0 saturated heterocycles. The van der Waals surface area contributed by atoms with Crippen LogP contribution in [0.15, 0.2) is 0 Å². The van der Waals surface area contributed by atoms with E-state index in [1.54, 1.807) is 7.11 Å². The summed E-state index contributed by atoms with van der Waals surface area (Å²) < 4.78 is 4.54. The number of methoxy groups -OCH3 is 1. The van der Waals surface area contributed by atoms with Gasteiger partial charge in [-0.1, -0.05) is 0 Å². The van der Waals surface area contributed by atoms with Crippen LogP contribution in [0.4, 0.5) is 4.70 Å². The second-order valence-electron chi connectivity index (χ2n) is 0.577. The van der Waals surface area contributed by atoms with Gasteiger partial charge in [0.2, 0.25) is 0 Å². The van der Waals surface area contributed by atoms with Gasteiger partial charge in [0.05, 0.1) is 0 Å². The van der Waals surface area contributed by atoms with E-state index in [1.807, 2.05) is 6.92 Å². The average molecular weight is 110 g/mol. The highest BCUT2D eigenvalue weighted by Crippen LogP contribution is 1.52. The second-order valence-corrected chi connectivity index (χ2v) is 0.577. The van der Waals surface area contributed by atoms with Crippen LogP contribution in [0.5, 0.6) is 0 Å². The number of hydrogen-bond acceptors (Lipinski definition) is 1. The molecule has 0 aliphatic carbocycles. The lowest BCUT2D eigenvalue weighted by Gasteiger charge is -1.76. The summed E-state index contributed by atoms with van der Waals surface area (Å²) in [5, 5.41) is 0. The fourth-order valence-corrected chi connectivity index (χ4v) is 0. The molecule has 0 heterocycles. The molecule has 3 heteroatoms. The van der Waals surface area contributed by atoms with E-state index >= 15 is 0 Å². The highest BCUT2D eigenvalue weighted by atomic mass is 27.0. The van der Waals surface area contributed by atoms with Gasteiger partial charge in [0.1, 0.15) is 0 Å². The van der Waals surface area contributed by atoms with Crippen LogP contribution in [0.1, 0.15) is 6.92 Å². The van der Waals surface area contributed by atoms with Crippen LogP contribution in [0.3, 0.4) is 0 Å². The molecule has 1 nitrogen and oxygen atoms in total. The Bertz CT molecular complexity index is 12.8. The van der Waals surface area contributed by atoms with E-state index in [4.69, 9.17) is 0 Å². The Morgan fingerprint density at radius 3 is 1.67 bits per heavy atom. The molecule has 0 saturated carbocycles. The molecule has 0 fully saturated rings. The molecule has 6 heavy (non-hydrogen) atoms. The first kappa shape index (κ1) is 16.1. The summed E-state index contributed by atoms with van der Waals surface area (Å²) >= 11 is 0. The van der Waals surface area contributed by atoms with E-state index in [9.17, 15) is 0 Å². The van der Waals surface area contributed by atoms with Gasteiger partial charge in [-0.05, 0) is 6.92 Å². The normalized spacial score (nSPS) is 5.00. The zero-order chi connectivity index (χ0) is 3.41. The van der Waals surface area contributed by atoms with Crippen LogP contribution in [-0.2, 0) is 4.74 Å². The Hall–Kier alpha value is 0.422. The van der Waals surface area contributed by atoms with Gasteiger partial charge in [0.15, 0.2) is 17.4 Å². The molecule has 0 spiro atoms. The molecule has 0 aromatic rings. The molecular formula is C3H12AlFO.